The van der Waals surface area contributed by atoms with Gasteiger partial charge in [-0.1, -0.05) is 80.9 Å². The highest BCUT2D eigenvalue weighted by molar-refractivity contribution is 6.00. The van der Waals surface area contributed by atoms with E-state index in [1.807, 2.05) is 94.4 Å². The summed E-state index contributed by atoms with van der Waals surface area (Å²) in [5.41, 5.74) is 1.63. The lowest BCUT2D eigenvalue weighted by atomic mass is 9.98. The summed E-state index contributed by atoms with van der Waals surface area (Å²) in [6.45, 7) is 13.6. The summed E-state index contributed by atoms with van der Waals surface area (Å²) < 4.78 is 5.46. The molecule has 0 aliphatic carbocycles. The Morgan fingerprint density at radius 1 is 0.925 bits per heavy atom. The smallest absolute Gasteiger partial charge is 0.408 e. The first-order valence-corrected chi connectivity index (χ1v) is 14.0. The molecule has 40 heavy (non-hydrogen) atoms. The maximum Gasteiger partial charge on any atom is 0.408 e. The highest BCUT2D eigenvalue weighted by Gasteiger charge is 2.36. The number of fused-ring (bicyclic) bond motifs is 1. The Morgan fingerprint density at radius 2 is 1.62 bits per heavy atom. The maximum absolute atomic E-state index is 14.2. The molecule has 0 radical (unpaired) electrons. The summed E-state index contributed by atoms with van der Waals surface area (Å²) in [6.07, 6.45) is 0.388. The molecule has 214 valence electrons. The monoisotopic (exact) mass is 545 g/mol. The maximum atomic E-state index is 14.2. The van der Waals surface area contributed by atoms with Crippen LogP contribution in [0.3, 0.4) is 0 Å². The number of alkyl carbamates (subject to hydrolysis) is 1. The summed E-state index contributed by atoms with van der Waals surface area (Å²) in [6, 6.07) is 19.6. The molecular formula is C33H43N3O4. The van der Waals surface area contributed by atoms with E-state index in [0.29, 0.717) is 30.6 Å². The normalized spacial score (nSPS) is 13.0. The second-order valence-corrected chi connectivity index (χ2v) is 11.7. The molecule has 0 bridgehead atoms. The first kappa shape index (κ1) is 30.7. The van der Waals surface area contributed by atoms with E-state index in [1.54, 1.807) is 25.7 Å². The molecule has 3 amide bonds. The number of carbonyl (C=O) groups is 3. The third-order valence-electron chi connectivity index (χ3n) is 6.38. The molecule has 0 heterocycles. The summed E-state index contributed by atoms with van der Waals surface area (Å²) in [5.74, 6) is -0.513. The number of aryl methyl sites for hydroxylation is 1. The fourth-order valence-corrected chi connectivity index (χ4v) is 4.74. The molecule has 0 saturated heterocycles. The molecule has 2 unspecified atom stereocenters. The van der Waals surface area contributed by atoms with Gasteiger partial charge in [0.15, 0.2) is 0 Å². The number of nitrogens with one attached hydrogen (secondary N) is 2. The van der Waals surface area contributed by atoms with E-state index in [1.165, 1.54) is 0 Å². The van der Waals surface area contributed by atoms with E-state index in [-0.39, 0.29) is 17.7 Å². The van der Waals surface area contributed by atoms with Crippen molar-refractivity contribution in [3.63, 3.8) is 0 Å². The molecule has 0 aliphatic heterocycles. The third-order valence-corrected chi connectivity index (χ3v) is 6.38. The van der Waals surface area contributed by atoms with Gasteiger partial charge in [0.2, 0.25) is 5.91 Å². The highest BCUT2D eigenvalue weighted by atomic mass is 16.6. The van der Waals surface area contributed by atoms with Gasteiger partial charge >= 0.3 is 6.09 Å². The fourth-order valence-electron chi connectivity index (χ4n) is 4.74. The molecule has 7 nitrogen and oxygen atoms in total. The van der Waals surface area contributed by atoms with Crippen LogP contribution in [0, 0.1) is 12.8 Å². The van der Waals surface area contributed by atoms with Crippen LogP contribution in [0.5, 0.6) is 0 Å². The number of benzene rings is 3. The Balaban J connectivity index is 2.00. The summed E-state index contributed by atoms with van der Waals surface area (Å²) in [4.78, 5) is 42.5. The lowest BCUT2D eigenvalue weighted by Crippen LogP contribution is -2.53. The fraction of sp³-hybridized carbons (Fsp3) is 0.424. The van der Waals surface area contributed by atoms with E-state index in [9.17, 15) is 14.4 Å². The van der Waals surface area contributed by atoms with Gasteiger partial charge in [-0.15, -0.1) is 0 Å². The van der Waals surface area contributed by atoms with E-state index in [4.69, 9.17) is 4.74 Å². The first-order valence-electron chi connectivity index (χ1n) is 14.0. The van der Waals surface area contributed by atoms with Crippen molar-refractivity contribution >= 4 is 34.4 Å². The zero-order valence-corrected chi connectivity index (χ0v) is 24.8. The topological polar surface area (TPSA) is 87.7 Å². The number of hydrogen-bond donors (Lipinski definition) is 2. The minimum atomic E-state index is -0.895. The summed E-state index contributed by atoms with van der Waals surface area (Å²) in [5, 5.41) is 7.92. The van der Waals surface area contributed by atoms with Crippen LogP contribution in [0.1, 0.15) is 71.6 Å². The molecule has 3 aromatic rings. The number of nitrogens with zero attached hydrogens (tertiary/aromatic N) is 1. The van der Waals surface area contributed by atoms with Crippen molar-refractivity contribution in [3.8, 4) is 0 Å². The van der Waals surface area contributed by atoms with Gasteiger partial charge in [-0.3, -0.25) is 9.59 Å². The van der Waals surface area contributed by atoms with Crippen LogP contribution < -0.4 is 10.6 Å². The van der Waals surface area contributed by atoms with Gasteiger partial charge in [0.05, 0.1) is 0 Å². The molecule has 0 saturated carbocycles. The molecule has 2 atom stereocenters. The van der Waals surface area contributed by atoms with Crippen LogP contribution in [-0.2, 0) is 14.3 Å². The predicted octanol–water partition coefficient (Wildman–Crippen LogP) is 7.01. The van der Waals surface area contributed by atoms with Crippen LogP contribution in [0.4, 0.5) is 10.5 Å². The van der Waals surface area contributed by atoms with Gasteiger partial charge in [-0.05, 0) is 74.9 Å². The van der Waals surface area contributed by atoms with Gasteiger partial charge < -0.3 is 20.3 Å². The summed E-state index contributed by atoms with van der Waals surface area (Å²) in [7, 11) is 0. The lowest BCUT2D eigenvalue weighted by Gasteiger charge is -2.35. The molecule has 2 N–H and O–H groups in total. The van der Waals surface area contributed by atoms with Gasteiger partial charge in [0.1, 0.15) is 17.7 Å². The Labute approximate surface area is 238 Å². The van der Waals surface area contributed by atoms with Crippen molar-refractivity contribution in [3.05, 3.63) is 77.9 Å². The average Bonchev–Trinajstić information content (AvgIpc) is 2.86. The van der Waals surface area contributed by atoms with Gasteiger partial charge in [0.25, 0.3) is 5.91 Å². The number of ether oxygens (including phenoxy) is 1. The van der Waals surface area contributed by atoms with Crippen LogP contribution >= 0.6 is 0 Å². The zero-order valence-electron chi connectivity index (χ0n) is 24.8. The lowest BCUT2D eigenvalue weighted by molar-refractivity contribution is -0.141. The minimum absolute atomic E-state index is 0.121. The minimum Gasteiger partial charge on any atom is -0.444 e. The van der Waals surface area contributed by atoms with Crippen molar-refractivity contribution in [1.29, 1.82) is 0 Å². The Bertz CT molecular complexity index is 1330. The molecule has 3 aromatic carbocycles. The predicted molar refractivity (Wildman–Crippen MR) is 161 cm³/mol. The summed E-state index contributed by atoms with van der Waals surface area (Å²) >= 11 is 0. The quantitative estimate of drug-likeness (QED) is 0.287. The largest absolute Gasteiger partial charge is 0.444 e. The van der Waals surface area contributed by atoms with Crippen molar-refractivity contribution in [2.24, 2.45) is 5.92 Å². The van der Waals surface area contributed by atoms with Crippen LogP contribution in [0.2, 0.25) is 0 Å². The molecule has 3 rings (SSSR count). The second-order valence-electron chi connectivity index (χ2n) is 11.7. The standard InChI is InChI=1S/C33H43N3O4/c1-8-18-36(31(38)28(19-22(2)3)35-32(39)40-33(5,6)7)29(26-15-11-12-23(4)20-26)30(37)34-27-17-16-24-13-9-10-14-25(24)21-27/h9-17,20-22,28-29H,8,18-19H2,1-7H3,(H,34,37)(H,35,39). The van der Waals surface area contributed by atoms with Crippen molar-refractivity contribution in [2.75, 3.05) is 11.9 Å². The number of carbonyl (C=O) groups excluding carboxylic acids is 3. The van der Waals surface area contributed by atoms with Gasteiger partial charge in [-0.25, -0.2) is 4.79 Å². The highest BCUT2D eigenvalue weighted by Crippen LogP contribution is 2.27. The number of anilines is 1. The van der Waals surface area contributed by atoms with E-state index in [0.717, 1.165) is 16.3 Å². The Hall–Kier alpha value is -3.87. The zero-order chi connectivity index (χ0) is 29.4. The second kappa shape index (κ2) is 13.5. The number of amides is 3. The molecular weight excluding hydrogens is 502 g/mol. The van der Waals surface area contributed by atoms with E-state index in [2.05, 4.69) is 10.6 Å². The van der Waals surface area contributed by atoms with E-state index >= 15 is 0 Å². The van der Waals surface area contributed by atoms with Crippen LogP contribution in [-0.4, -0.2) is 41.0 Å². The van der Waals surface area contributed by atoms with Gasteiger partial charge in [-0.2, -0.15) is 0 Å². The Morgan fingerprint density at radius 3 is 2.25 bits per heavy atom. The SMILES string of the molecule is CCCN(C(=O)C(CC(C)C)NC(=O)OC(C)(C)C)C(C(=O)Nc1ccc2ccccc2c1)c1cccc(C)c1. The van der Waals surface area contributed by atoms with Crippen molar-refractivity contribution < 1.29 is 19.1 Å². The van der Waals surface area contributed by atoms with E-state index < -0.39 is 23.8 Å². The number of rotatable bonds is 10. The van der Waals surface area contributed by atoms with Gasteiger partial charge in [0, 0.05) is 12.2 Å². The molecule has 0 spiro atoms. The third kappa shape index (κ3) is 8.57. The molecule has 0 fully saturated rings. The van der Waals surface area contributed by atoms with Crippen LogP contribution in [0.25, 0.3) is 10.8 Å². The number of hydrogen-bond acceptors (Lipinski definition) is 4. The first-order chi connectivity index (χ1) is 18.9. The Kier molecular flexibility index (Phi) is 10.3. The molecule has 7 heteroatoms. The molecule has 0 aromatic heterocycles. The average molecular weight is 546 g/mol. The van der Waals surface area contributed by atoms with Crippen LogP contribution in [0.15, 0.2) is 66.7 Å². The van der Waals surface area contributed by atoms with Crippen molar-refractivity contribution in [1.82, 2.24) is 10.2 Å². The van der Waals surface area contributed by atoms with Crippen molar-refractivity contribution in [2.45, 2.75) is 79.0 Å². The molecule has 0 aliphatic rings.